The van der Waals surface area contributed by atoms with Gasteiger partial charge in [0, 0.05) is 11.6 Å². The summed E-state index contributed by atoms with van der Waals surface area (Å²) < 4.78 is 24.3. The molecule has 0 amide bonds. The Labute approximate surface area is 106 Å². The molecule has 0 bridgehead atoms. The average Bonchev–Trinajstić information content (AvgIpc) is 2.26. The summed E-state index contributed by atoms with van der Waals surface area (Å²) in [7, 11) is -3.64. The van der Waals surface area contributed by atoms with E-state index < -0.39 is 15.1 Å². The number of rotatable bonds is 3. The second kappa shape index (κ2) is 5.03. The average molecular weight is 273 g/mol. The highest BCUT2D eigenvalue weighted by atomic mass is 35.5. The van der Waals surface area contributed by atoms with Gasteiger partial charge in [-0.05, 0) is 32.4 Å². The number of nitriles is 1. The second-order valence-corrected chi connectivity index (χ2v) is 6.47. The monoisotopic (exact) mass is 272 g/mol. The first-order valence-corrected chi connectivity index (χ1v) is 7.11. The molecule has 0 fully saturated rings. The van der Waals surface area contributed by atoms with E-state index in [2.05, 4.69) is 4.98 Å². The van der Waals surface area contributed by atoms with Gasteiger partial charge in [0.1, 0.15) is 6.07 Å². The van der Waals surface area contributed by atoms with Crippen molar-refractivity contribution in [1.82, 2.24) is 4.98 Å². The van der Waals surface area contributed by atoms with Gasteiger partial charge in [0.15, 0.2) is 5.03 Å². The summed E-state index contributed by atoms with van der Waals surface area (Å²) in [6.07, 6.45) is 0. The summed E-state index contributed by atoms with van der Waals surface area (Å²) in [6.45, 7) is 4.89. The van der Waals surface area contributed by atoms with Gasteiger partial charge in [-0.1, -0.05) is 0 Å². The van der Waals surface area contributed by atoms with Gasteiger partial charge in [0.05, 0.1) is 10.8 Å². The minimum atomic E-state index is -3.64. The van der Waals surface area contributed by atoms with E-state index in [1.54, 1.807) is 19.9 Å². The van der Waals surface area contributed by atoms with Crippen LogP contribution in [0.4, 0.5) is 0 Å². The predicted molar refractivity (Wildman–Crippen MR) is 65.8 cm³/mol. The van der Waals surface area contributed by atoms with E-state index in [-0.39, 0.29) is 16.5 Å². The Morgan fingerprint density at radius 1 is 1.53 bits per heavy atom. The first-order chi connectivity index (χ1) is 7.84. The first-order valence-electron chi connectivity index (χ1n) is 5.02. The fourth-order valence-electron chi connectivity index (χ4n) is 1.42. The van der Waals surface area contributed by atoms with Crippen LogP contribution in [0.25, 0.3) is 0 Å². The quantitative estimate of drug-likeness (QED) is 0.789. The molecular weight excluding hydrogens is 260 g/mol. The molecule has 6 heteroatoms. The van der Waals surface area contributed by atoms with Gasteiger partial charge in [-0.15, -0.1) is 11.6 Å². The molecule has 4 nitrogen and oxygen atoms in total. The summed E-state index contributed by atoms with van der Waals surface area (Å²) in [5, 5.41) is 8.10. The zero-order chi connectivity index (χ0) is 13.2. The molecule has 0 aliphatic rings. The normalized spacial score (nSPS) is 13.1. The number of nitrogens with zero attached hydrogens (tertiary/aromatic N) is 2. The highest BCUT2D eigenvalue weighted by Gasteiger charge is 2.28. The molecule has 0 aromatic carbocycles. The minimum absolute atomic E-state index is 0.0259. The summed E-state index contributed by atoms with van der Waals surface area (Å²) in [5.74, 6) is -0.0259. The van der Waals surface area contributed by atoms with Crippen LogP contribution in [0.15, 0.2) is 11.1 Å². The Bertz CT molecular complexity index is 576. The molecule has 1 atom stereocenters. The lowest BCUT2D eigenvalue weighted by molar-refractivity contribution is 0.583. The molecular formula is C11H13ClN2O2S. The van der Waals surface area contributed by atoms with Gasteiger partial charge in [0.2, 0.25) is 9.84 Å². The van der Waals surface area contributed by atoms with Crippen molar-refractivity contribution in [2.75, 3.05) is 5.88 Å². The van der Waals surface area contributed by atoms with Crippen molar-refractivity contribution in [1.29, 1.82) is 5.26 Å². The van der Waals surface area contributed by atoms with Crippen LogP contribution in [-0.2, 0) is 9.84 Å². The van der Waals surface area contributed by atoms with Gasteiger partial charge in [-0.2, -0.15) is 5.26 Å². The first kappa shape index (κ1) is 13.9. The van der Waals surface area contributed by atoms with E-state index in [1.807, 2.05) is 6.07 Å². The smallest absolute Gasteiger partial charge is 0.200 e. The van der Waals surface area contributed by atoms with Crippen LogP contribution in [0, 0.1) is 25.2 Å². The third-order valence-electron chi connectivity index (χ3n) is 2.44. The molecule has 0 aliphatic carbocycles. The number of hydrogen-bond acceptors (Lipinski definition) is 4. The van der Waals surface area contributed by atoms with E-state index in [0.717, 1.165) is 0 Å². The van der Waals surface area contributed by atoms with E-state index in [0.29, 0.717) is 11.3 Å². The van der Waals surface area contributed by atoms with Crippen molar-refractivity contribution < 1.29 is 8.42 Å². The fraction of sp³-hybridized carbons (Fsp3) is 0.455. The number of aromatic nitrogens is 1. The maximum atomic E-state index is 12.1. The molecule has 1 rings (SSSR count). The molecule has 1 unspecified atom stereocenters. The van der Waals surface area contributed by atoms with Gasteiger partial charge in [-0.25, -0.2) is 13.4 Å². The number of hydrogen-bond donors (Lipinski definition) is 0. The highest BCUT2D eigenvalue weighted by Crippen LogP contribution is 2.22. The largest absolute Gasteiger partial charge is 0.240 e. The van der Waals surface area contributed by atoms with Crippen molar-refractivity contribution in [2.45, 2.75) is 31.0 Å². The number of sulfone groups is 1. The second-order valence-electron chi connectivity index (χ2n) is 3.88. The third-order valence-corrected chi connectivity index (χ3v) is 5.15. The van der Waals surface area contributed by atoms with E-state index >= 15 is 0 Å². The Morgan fingerprint density at radius 3 is 2.59 bits per heavy atom. The fourth-order valence-corrected chi connectivity index (χ4v) is 3.22. The molecule has 17 heavy (non-hydrogen) atoms. The van der Waals surface area contributed by atoms with E-state index in [9.17, 15) is 8.42 Å². The topological polar surface area (TPSA) is 70.8 Å². The molecule has 0 N–H and O–H groups in total. The molecule has 0 saturated heterocycles. The summed E-state index contributed by atoms with van der Waals surface area (Å²) in [4.78, 5) is 3.98. The minimum Gasteiger partial charge on any atom is -0.240 e. The molecule has 92 valence electrons. The number of aryl methyl sites for hydroxylation is 2. The SMILES string of the molecule is Cc1cc(C)c(C#N)c(S(=O)(=O)C(C)CCl)n1. The van der Waals surface area contributed by atoms with Crippen molar-refractivity contribution in [2.24, 2.45) is 0 Å². The van der Waals surface area contributed by atoms with Crippen molar-refractivity contribution in [3.8, 4) is 6.07 Å². The van der Waals surface area contributed by atoms with Gasteiger partial charge >= 0.3 is 0 Å². The molecule has 1 heterocycles. The van der Waals surface area contributed by atoms with Gasteiger partial charge < -0.3 is 0 Å². The molecule has 0 spiro atoms. The molecule has 0 saturated carbocycles. The zero-order valence-corrected chi connectivity index (χ0v) is 11.4. The molecule has 1 aromatic rings. The lowest BCUT2D eigenvalue weighted by Gasteiger charge is -2.12. The Balaban J connectivity index is 3.58. The van der Waals surface area contributed by atoms with Crippen molar-refractivity contribution >= 4 is 21.4 Å². The summed E-state index contributed by atoms with van der Waals surface area (Å²) in [5.41, 5.74) is 1.29. The van der Waals surface area contributed by atoms with Crippen LogP contribution in [0.1, 0.15) is 23.7 Å². The Kier molecular flexibility index (Phi) is 4.12. The van der Waals surface area contributed by atoms with Crippen molar-refractivity contribution in [3.63, 3.8) is 0 Å². The predicted octanol–water partition coefficient (Wildman–Crippen LogP) is 1.97. The Hall–Kier alpha value is -1.12. The lowest BCUT2D eigenvalue weighted by Crippen LogP contribution is -2.22. The maximum absolute atomic E-state index is 12.1. The van der Waals surface area contributed by atoms with Crippen LogP contribution >= 0.6 is 11.6 Å². The lowest BCUT2D eigenvalue weighted by atomic mass is 10.1. The number of halogens is 1. The van der Waals surface area contributed by atoms with E-state index in [4.69, 9.17) is 16.9 Å². The Morgan fingerprint density at radius 2 is 2.12 bits per heavy atom. The third kappa shape index (κ3) is 2.59. The standard InChI is InChI=1S/C11H13ClN2O2S/c1-7-4-8(2)14-11(10(7)6-13)17(15,16)9(3)5-12/h4,9H,5H2,1-3H3. The van der Waals surface area contributed by atoms with Gasteiger partial charge in [-0.3, -0.25) is 0 Å². The van der Waals surface area contributed by atoms with E-state index in [1.165, 1.54) is 6.92 Å². The maximum Gasteiger partial charge on any atom is 0.200 e. The summed E-state index contributed by atoms with van der Waals surface area (Å²) >= 11 is 5.57. The van der Waals surface area contributed by atoms with Gasteiger partial charge in [0.25, 0.3) is 0 Å². The number of alkyl halides is 1. The molecule has 0 radical (unpaired) electrons. The number of pyridine rings is 1. The summed E-state index contributed by atoms with van der Waals surface area (Å²) in [6, 6.07) is 3.57. The van der Waals surface area contributed by atoms with Crippen LogP contribution in [0.5, 0.6) is 0 Å². The molecule has 1 aromatic heterocycles. The molecule has 0 aliphatic heterocycles. The zero-order valence-electron chi connectivity index (χ0n) is 9.86. The highest BCUT2D eigenvalue weighted by molar-refractivity contribution is 7.92. The van der Waals surface area contributed by atoms with Crippen molar-refractivity contribution in [3.05, 3.63) is 22.9 Å². The van der Waals surface area contributed by atoms with Crippen LogP contribution in [-0.4, -0.2) is 24.5 Å². The van der Waals surface area contributed by atoms with Crippen LogP contribution in [0.3, 0.4) is 0 Å². The van der Waals surface area contributed by atoms with Crippen LogP contribution in [0.2, 0.25) is 0 Å². The van der Waals surface area contributed by atoms with Crippen LogP contribution < -0.4 is 0 Å².